The van der Waals surface area contributed by atoms with Gasteiger partial charge in [-0.1, -0.05) is 16.9 Å². The molecule has 14 nitrogen and oxygen atoms in total. The molecular weight excluding hydrogens is 520 g/mol. The minimum Gasteiger partial charge on any atom is -0.477 e. The lowest BCUT2D eigenvalue weighted by molar-refractivity contribution is -0.150. The molecule has 0 radical (unpaired) electrons. The summed E-state index contributed by atoms with van der Waals surface area (Å²) in [5, 5.41) is 21.4. The first kappa shape index (κ1) is 24.7. The molecule has 2 aromatic heterocycles. The van der Waals surface area contributed by atoms with Gasteiger partial charge in [0.2, 0.25) is 0 Å². The molecule has 2 aromatic rings. The summed E-state index contributed by atoms with van der Waals surface area (Å²) >= 11 is 3.56. The Morgan fingerprint density at radius 2 is 2.17 bits per heavy atom. The zero-order valence-corrected chi connectivity index (χ0v) is 20.6. The number of aryl methyl sites for hydroxylation is 1. The molecule has 0 unspecified atom stereocenters. The predicted molar refractivity (Wildman–Crippen MR) is 128 cm³/mol. The Labute approximate surface area is 209 Å². The summed E-state index contributed by atoms with van der Waals surface area (Å²) in [6.07, 6.45) is 1.08. The van der Waals surface area contributed by atoms with Gasteiger partial charge in [-0.2, -0.15) is 10.1 Å². The zero-order valence-electron chi connectivity index (χ0n) is 18.2. The van der Waals surface area contributed by atoms with Crippen molar-refractivity contribution in [3.05, 3.63) is 38.9 Å². The van der Waals surface area contributed by atoms with E-state index in [4.69, 9.17) is 10.6 Å². The van der Waals surface area contributed by atoms with Crippen LogP contribution in [0, 0.1) is 0 Å². The minimum atomic E-state index is -1.27. The van der Waals surface area contributed by atoms with Gasteiger partial charge in [0, 0.05) is 23.9 Å². The number of amides is 2. The van der Waals surface area contributed by atoms with Crippen molar-refractivity contribution in [3.8, 4) is 0 Å². The standard InChI is InChI=1S/C18H18N8O6S3/c1-25-18(22-9(27)3-20-25)35-5-7-4-33-15-11(14(29)26(15)12(7)16(30)31)23-13(28)10(24-32-2)8-6-34-17(19)21-8/h3,6,11,15H,4-5H2,1-2H3,(H2,19,21)(H,23,28)(H,30,31)/b24-10-/t11-,15-/m1/s1. The van der Waals surface area contributed by atoms with Crippen LogP contribution in [-0.2, 0) is 26.3 Å². The molecule has 0 spiro atoms. The van der Waals surface area contributed by atoms with Gasteiger partial charge in [-0.25, -0.2) is 14.5 Å². The lowest BCUT2D eigenvalue weighted by Gasteiger charge is -2.49. The van der Waals surface area contributed by atoms with E-state index in [0.717, 1.165) is 34.2 Å². The first-order valence-corrected chi connectivity index (χ1v) is 12.7. The number of nitrogens with zero attached hydrogens (tertiary/aromatic N) is 6. The molecule has 4 N–H and O–H groups in total. The maximum atomic E-state index is 12.9. The number of hydrogen-bond donors (Lipinski definition) is 3. The largest absolute Gasteiger partial charge is 0.477 e. The molecule has 2 aliphatic heterocycles. The van der Waals surface area contributed by atoms with Crippen LogP contribution < -0.4 is 16.6 Å². The Bertz CT molecular complexity index is 1320. The summed E-state index contributed by atoms with van der Waals surface area (Å²) in [5.74, 6) is -2.06. The van der Waals surface area contributed by atoms with E-state index < -0.39 is 34.8 Å². The van der Waals surface area contributed by atoms with Gasteiger partial charge < -0.3 is 21.0 Å². The number of fused-ring (bicyclic) bond motifs is 1. The van der Waals surface area contributed by atoms with Crippen molar-refractivity contribution >= 4 is 63.5 Å². The average Bonchev–Trinajstić information content (AvgIpc) is 3.26. The van der Waals surface area contributed by atoms with E-state index in [1.807, 2.05) is 0 Å². The van der Waals surface area contributed by atoms with Crippen molar-refractivity contribution < 1.29 is 24.3 Å². The molecule has 35 heavy (non-hydrogen) atoms. The van der Waals surface area contributed by atoms with Crippen molar-refractivity contribution in [1.29, 1.82) is 0 Å². The highest BCUT2D eigenvalue weighted by Crippen LogP contribution is 2.41. The Kier molecular flexibility index (Phi) is 7.08. The molecule has 1 fully saturated rings. The van der Waals surface area contributed by atoms with Gasteiger partial charge >= 0.3 is 5.97 Å². The summed E-state index contributed by atoms with van der Waals surface area (Å²) in [7, 11) is 2.87. The van der Waals surface area contributed by atoms with Crippen molar-refractivity contribution in [3.63, 3.8) is 0 Å². The van der Waals surface area contributed by atoms with Crippen LogP contribution in [-0.4, -0.2) is 83.3 Å². The maximum Gasteiger partial charge on any atom is 0.352 e. The quantitative estimate of drug-likeness (QED) is 0.162. The number of oxime groups is 1. The number of carboxylic acids is 1. The van der Waals surface area contributed by atoms with Crippen LogP contribution in [0.15, 0.2) is 38.0 Å². The number of thioether (sulfide) groups is 2. The summed E-state index contributed by atoms with van der Waals surface area (Å²) in [6.45, 7) is 0. The topological polar surface area (TPSA) is 195 Å². The first-order valence-electron chi connectivity index (χ1n) is 9.77. The number of carbonyl (C=O) groups is 3. The van der Waals surface area contributed by atoms with Gasteiger partial charge in [0.05, 0.1) is 0 Å². The number of carbonyl (C=O) groups excluding carboxylic acids is 2. The predicted octanol–water partition coefficient (Wildman–Crippen LogP) is -0.905. The number of hydrogen-bond acceptors (Lipinski definition) is 13. The number of aromatic nitrogens is 4. The highest BCUT2D eigenvalue weighted by Gasteiger charge is 2.54. The van der Waals surface area contributed by atoms with Crippen LogP contribution in [0.4, 0.5) is 5.13 Å². The summed E-state index contributed by atoms with van der Waals surface area (Å²) in [6, 6.07) is -0.963. The number of nitrogen functional groups attached to an aromatic ring is 1. The molecule has 0 aromatic carbocycles. The van der Waals surface area contributed by atoms with Gasteiger partial charge in [0.1, 0.15) is 36.1 Å². The monoisotopic (exact) mass is 538 g/mol. The van der Waals surface area contributed by atoms with Crippen molar-refractivity contribution in [2.75, 3.05) is 24.3 Å². The Morgan fingerprint density at radius 3 is 2.83 bits per heavy atom. The summed E-state index contributed by atoms with van der Waals surface area (Å²) < 4.78 is 1.40. The average molecular weight is 539 g/mol. The molecule has 2 aliphatic rings. The highest BCUT2D eigenvalue weighted by atomic mass is 32.2. The fourth-order valence-corrected chi connectivity index (χ4v) is 6.31. The molecule has 184 valence electrons. The van der Waals surface area contributed by atoms with Crippen LogP contribution in [0.5, 0.6) is 0 Å². The maximum absolute atomic E-state index is 12.9. The molecule has 0 saturated carbocycles. The van der Waals surface area contributed by atoms with E-state index in [1.54, 1.807) is 7.05 Å². The molecule has 2 atom stereocenters. The Hall–Kier alpha value is -3.44. The number of carboxylic acid groups (broad SMARTS) is 1. The second-order valence-electron chi connectivity index (χ2n) is 7.10. The molecule has 1 saturated heterocycles. The summed E-state index contributed by atoms with van der Waals surface area (Å²) in [4.78, 5) is 63.0. The van der Waals surface area contributed by atoms with Crippen LogP contribution in [0.2, 0.25) is 0 Å². The van der Waals surface area contributed by atoms with Gasteiger partial charge in [-0.05, 0) is 5.57 Å². The van der Waals surface area contributed by atoms with Crippen LogP contribution in [0.1, 0.15) is 5.69 Å². The zero-order chi connectivity index (χ0) is 25.3. The number of rotatable bonds is 8. The lowest BCUT2D eigenvalue weighted by Crippen LogP contribution is -2.71. The molecule has 0 bridgehead atoms. The first-order chi connectivity index (χ1) is 16.7. The third kappa shape index (κ3) is 4.87. The van der Waals surface area contributed by atoms with E-state index >= 15 is 0 Å². The number of anilines is 1. The Balaban J connectivity index is 1.51. The molecule has 4 heterocycles. The number of thiazole rings is 1. The van der Waals surface area contributed by atoms with Gasteiger partial charge in [-0.3, -0.25) is 19.3 Å². The summed E-state index contributed by atoms with van der Waals surface area (Å²) in [5.41, 5.74) is 5.48. The molecule has 0 aliphatic carbocycles. The fourth-order valence-electron chi connectivity index (χ4n) is 3.35. The number of nitrogens with one attached hydrogen (secondary N) is 1. The molecular formula is C18H18N8O6S3. The fraction of sp³-hybridized carbons (Fsp3) is 0.333. The lowest BCUT2D eigenvalue weighted by atomic mass is 10.0. The second kappa shape index (κ2) is 10.0. The van der Waals surface area contributed by atoms with Gasteiger partial charge in [0.15, 0.2) is 16.0 Å². The van der Waals surface area contributed by atoms with Crippen molar-refractivity contribution in [1.82, 2.24) is 30.0 Å². The normalized spacial score (nSPS) is 19.8. The third-order valence-electron chi connectivity index (χ3n) is 4.90. The number of β-lactam (4-membered cyclic amide) rings is 1. The van der Waals surface area contributed by atoms with Crippen LogP contribution in [0.3, 0.4) is 0 Å². The third-order valence-corrected chi connectivity index (χ3v) is 8.02. The van der Waals surface area contributed by atoms with E-state index in [-0.39, 0.29) is 28.0 Å². The smallest absolute Gasteiger partial charge is 0.352 e. The molecule has 17 heteroatoms. The van der Waals surface area contributed by atoms with Gasteiger partial charge in [0.25, 0.3) is 17.4 Å². The highest BCUT2D eigenvalue weighted by molar-refractivity contribution is 8.01. The Morgan fingerprint density at radius 1 is 1.40 bits per heavy atom. The van der Waals surface area contributed by atoms with Crippen molar-refractivity contribution in [2.24, 2.45) is 12.2 Å². The SMILES string of the molecule is CO/N=C(\C(=O)N[C@@H]1C(=O)N2C(C(=O)O)=C(CSc3nc(=O)cnn3C)CS[C@H]12)c1csc(N)n1. The van der Waals surface area contributed by atoms with E-state index in [1.165, 1.54) is 28.9 Å². The van der Waals surface area contributed by atoms with Crippen LogP contribution in [0.25, 0.3) is 0 Å². The van der Waals surface area contributed by atoms with E-state index in [0.29, 0.717) is 16.5 Å². The minimum absolute atomic E-state index is 0.149. The van der Waals surface area contributed by atoms with Crippen LogP contribution >= 0.6 is 34.9 Å². The van der Waals surface area contributed by atoms with E-state index in [9.17, 15) is 24.3 Å². The molecule has 4 rings (SSSR count). The number of nitrogens with two attached hydrogens (primary N) is 1. The van der Waals surface area contributed by atoms with Crippen molar-refractivity contribution in [2.45, 2.75) is 16.6 Å². The van der Waals surface area contributed by atoms with Gasteiger partial charge in [-0.15, -0.1) is 23.1 Å². The van der Waals surface area contributed by atoms with E-state index in [2.05, 4.69) is 25.5 Å². The number of aliphatic carboxylic acids is 1. The molecule has 2 amide bonds. The second-order valence-corrected chi connectivity index (χ2v) is 10.0.